The maximum absolute atomic E-state index is 6.23. The molecule has 1 saturated heterocycles. The molecule has 0 N–H and O–H groups in total. The molecule has 2 aromatic rings. The van der Waals surface area contributed by atoms with E-state index in [1.807, 2.05) is 12.1 Å². The summed E-state index contributed by atoms with van der Waals surface area (Å²) in [5, 5.41) is 0. The van der Waals surface area contributed by atoms with Gasteiger partial charge in [0.25, 0.3) is 0 Å². The van der Waals surface area contributed by atoms with Crippen LogP contribution >= 0.6 is 0 Å². The van der Waals surface area contributed by atoms with Gasteiger partial charge in [-0.15, -0.1) is 0 Å². The van der Waals surface area contributed by atoms with E-state index in [1.165, 1.54) is 11.1 Å². The van der Waals surface area contributed by atoms with Crippen LogP contribution in [0.1, 0.15) is 17.0 Å². The van der Waals surface area contributed by atoms with Crippen LogP contribution in [0.15, 0.2) is 60.7 Å². The molecule has 0 spiro atoms. The Bertz CT molecular complexity index is 531. The zero-order valence-electron chi connectivity index (χ0n) is 13.1. The van der Waals surface area contributed by atoms with Gasteiger partial charge in [-0.3, -0.25) is 0 Å². The van der Waals surface area contributed by atoms with Crippen molar-refractivity contribution in [1.29, 1.82) is 0 Å². The van der Waals surface area contributed by atoms with E-state index in [0.717, 1.165) is 5.75 Å². The highest BCUT2D eigenvalue weighted by Gasteiger charge is 2.36. The number of hydrogen-bond acceptors (Lipinski definition) is 2. The Labute approximate surface area is 135 Å². The van der Waals surface area contributed by atoms with Crippen LogP contribution in [0.3, 0.4) is 0 Å². The van der Waals surface area contributed by atoms with Crippen LogP contribution in [0.4, 0.5) is 0 Å². The molecule has 0 bridgehead atoms. The monoisotopic (exact) mass is 315 g/mol. The minimum absolute atomic E-state index is 0.128. The summed E-state index contributed by atoms with van der Waals surface area (Å²) in [5.74, 6) is 1.20. The quantitative estimate of drug-likeness (QED) is 0.787. The number of ether oxygens (including phenoxy) is 2. The van der Waals surface area contributed by atoms with Crippen molar-refractivity contribution < 1.29 is 9.47 Å². The molecule has 0 aromatic heterocycles. The van der Waals surface area contributed by atoms with E-state index in [2.05, 4.69) is 61.0 Å². The summed E-state index contributed by atoms with van der Waals surface area (Å²) < 4.78 is 12.2. The molecule has 0 saturated carbocycles. The molecule has 2 atom stereocenters. The average molecular weight is 315 g/mol. The fraction of sp³-hybridized carbons (Fsp3) is 0.368. The first-order valence-electron chi connectivity index (χ1n) is 7.65. The van der Waals surface area contributed by atoms with Crippen molar-refractivity contribution in [3.8, 4) is 0 Å². The summed E-state index contributed by atoms with van der Waals surface area (Å²) in [7, 11) is 0.372. The third-order valence-corrected chi connectivity index (χ3v) is 4.92. The minimum atomic E-state index is -0.196. The van der Waals surface area contributed by atoms with E-state index >= 15 is 0 Å². The van der Waals surface area contributed by atoms with Crippen molar-refractivity contribution in [2.75, 3.05) is 24.9 Å². The molecule has 0 amide bonds. The lowest BCUT2D eigenvalue weighted by Gasteiger charge is -2.23. The van der Waals surface area contributed by atoms with Crippen LogP contribution in [0.25, 0.3) is 0 Å². The number of hydrogen-bond donors (Lipinski definition) is 0. The highest BCUT2D eigenvalue weighted by Crippen LogP contribution is 2.33. The molecule has 0 radical (unpaired) electrons. The lowest BCUT2D eigenvalue weighted by molar-refractivity contribution is -0.0640. The molecule has 1 fully saturated rings. The van der Waals surface area contributed by atoms with E-state index in [0.29, 0.717) is 17.5 Å². The van der Waals surface area contributed by atoms with E-state index in [1.54, 1.807) is 0 Å². The molecular weight excluding hydrogens is 292 g/mol. The van der Waals surface area contributed by atoms with E-state index in [4.69, 9.17) is 9.47 Å². The van der Waals surface area contributed by atoms with Crippen molar-refractivity contribution in [3.05, 3.63) is 71.8 Å². The molecule has 2 nitrogen and oxygen atoms in total. The SMILES string of the molecule is C[S+](C)C[C@H]1CO[C@@H](C(c2ccccc2)c2ccccc2)O1. The zero-order chi connectivity index (χ0) is 15.4. The van der Waals surface area contributed by atoms with Gasteiger partial charge in [0.2, 0.25) is 0 Å². The van der Waals surface area contributed by atoms with Gasteiger partial charge in [-0.05, 0) is 22.0 Å². The van der Waals surface area contributed by atoms with Gasteiger partial charge in [-0.25, -0.2) is 0 Å². The van der Waals surface area contributed by atoms with E-state index < -0.39 is 0 Å². The lowest BCUT2D eigenvalue weighted by Crippen LogP contribution is -2.25. The third kappa shape index (κ3) is 3.72. The van der Waals surface area contributed by atoms with Crippen molar-refractivity contribution in [3.63, 3.8) is 0 Å². The topological polar surface area (TPSA) is 18.5 Å². The second kappa shape index (κ2) is 7.32. The van der Waals surface area contributed by atoms with Crippen LogP contribution in [0.2, 0.25) is 0 Å². The summed E-state index contributed by atoms with van der Waals surface area (Å²) in [6.07, 6.45) is 4.53. The molecule has 0 aliphatic carbocycles. The van der Waals surface area contributed by atoms with Gasteiger partial charge in [0.1, 0.15) is 11.9 Å². The maximum Gasteiger partial charge on any atom is 0.169 e. The van der Waals surface area contributed by atoms with Crippen molar-refractivity contribution in [1.82, 2.24) is 0 Å². The molecule has 0 unspecified atom stereocenters. The Hall–Kier alpha value is -1.29. The van der Waals surface area contributed by atoms with Gasteiger partial charge >= 0.3 is 0 Å². The standard InChI is InChI=1S/C19H23O2S/c1-22(2)14-17-13-20-19(21-17)18(15-9-5-3-6-10-15)16-11-7-4-8-12-16/h3-12,17-19H,13-14H2,1-2H3/q+1/t17-,19-/m1/s1. The Kier molecular flexibility index (Phi) is 5.19. The van der Waals surface area contributed by atoms with Gasteiger partial charge in [-0.2, -0.15) is 0 Å². The number of benzene rings is 2. The van der Waals surface area contributed by atoms with Gasteiger partial charge in [0, 0.05) is 0 Å². The van der Waals surface area contributed by atoms with E-state index in [9.17, 15) is 0 Å². The fourth-order valence-corrected chi connectivity index (χ4v) is 3.85. The highest BCUT2D eigenvalue weighted by atomic mass is 32.2. The normalized spacial score (nSPS) is 21.6. The molecule has 2 aromatic carbocycles. The number of rotatable bonds is 5. The minimum Gasteiger partial charge on any atom is -0.349 e. The molecule has 116 valence electrons. The summed E-state index contributed by atoms with van der Waals surface area (Å²) in [4.78, 5) is 0. The second-order valence-corrected chi connectivity index (χ2v) is 8.22. The van der Waals surface area contributed by atoms with Gasteiger partial charge in [0.05, 0.1) is 25.0 Å². The summed E-state index contributed by atoms with van der Waals surface area (Å²) >= 11 is 0. The Morgan fingerprint density at radius 3 is 2.00 bits per heavy atom. The largest absolute Gasteiger partial charge is 0.349 e. The first-order valence-corrected chi connectivity index (χ1v) is 9.86. The highest BCUT2D eigenvalue weighted by molar-refractivity contribution is 7.95. The molecule has 1 heterocycles. The van der Waals surface area contributed by atoms with Crippen molar-refractivity contribution in [2.45, 2.75) is 18.3 Å². The van der Waals surface area contributed by atoms with Crippen LogP contribution in [0, 0.1) is 0 Å². The zero-order valence-corrected chi connectivity index (χ0v) is 14.0. The predicted molar refractivity (Wildman–Crippen MR) is 93.4 cm³/mol. The second-order valence-electron chi connectivity index (χ2n) is 5.91. The van der Waals surface area contributed by atoms with Crippen LogP contribution in [-0.2, 0) is 20.4 Å². The smallest absolute Gasteiger partial charge is 0.169 e. The summed E-state index contributed by atoms with van der Waals surface area (Å²) in [6.45, 7) is 0.700. The summed E-state index contributed by atoms with van der Waals surface area (Å²) in [5.41, 5.74) is 2.48. The van der Waals surface area contributed by atoms with Gasteiger partial charge in [-0.1, -0.05) is 60.7 Å². The molecule has 1 aliphatic heterocycles. The van der Waals surface area contributed by atoms with E-state index in [-0.39, 0.29) is 18.3 Å². The van der Waals surface area contributed by atoms with Crippen molar-refractivity contribution >= 4 is 10.9 Å². The van der Waals surface area contributed by atoms with Crippen LogP contribution < -0.4 is 0 Å². The Morgan fingerprint density at radius 2 is 1.50 bits per heavy atom. The van der Waals surface area contributed by atoms with Crippen LogP contribution in [-0.4, -0.2) is 37.3 Å². The van der Waals surface area contributed by atoms with Crippen molar-refractivity contribution in [2.24, 2.45) is 0 Å². The first-order chi connectivity index (χ1) is 10.7. The van der Waals surface area contributed by atoms with Crippen LogP contribution in [0.5, 0.6) is 0 Å². The maximum atomic E-state index is 6.23. The third-order valence-electron chi connectivity index (χ3n) is 3.88. The predicted octanol–water partition coefficient (Wildman–Crippen LogP) is 3.44. The molecule has 1 aliphatic rings. The molecule has 3 heteroatoms. The van der Waals surface area contributed by atoms with Gasteiger partial charge < -0.3 is 9.47 Å². The van der Waals surface area contributed by atoms with Gasteiger partial charge in [0.15, 0.2) is 6.29 Å². The lowest BCUT2D eigenvalue weighted by atomic mass is 9.91. The Morgan fingerprint density at radius 1 is 0.955 bits per heavy atom. The molecule has 3 rings (SSSR count). The Balaban J connectivity index is 1.84. The first kappa shape index (κ1) is 15.6. The fourth-order valence-electron chi connectivity index (χ4n) is 2.93. The average Bonchev–Trinajstić information content (AvgIpc) is 2.97. The molecular formula is C19H23O2S+. The summed E-state index contributed by atoms with van der Waals surface area (Å²) in [6, 6.07) is 21.0. The molecule has 22 heavy (non-hydrogen) atoms.